The largest absolute Gasteiger partial charge is 0.405 e. The number of benzene rings is 1. The van der Waals surface area contributed by atoms with Crippen molar-refractivity contribution in [2.45, 2.75) is 19.1 Å². The summed E-state index contributed by atoms with van der Waals surface area (Å²) in [4.78, 5) is 23.6. The van der Waals surface area contributed by atoms with Gasteiger partial charge in [-0.2, -0.15) is 18.3 Å². The quantitative estimate of drug-likeness (QED) is 0.867. The Balaban J connectivity index is 2.26. The maximum absolute atomic E-state index is 12.9. The van der Waals surface area contributed by atoms with E-state index in [2.05, 4.69) is 5.10 Å². The molecule has 24 heavy (non-hydrogen) atoms. The highest BCUT2D eigenvalue weighted by Gasteiger charge is 2.29. The lowest BCUT2D eigenvalue weighted by atomic mass is 10.1. The van der Waals surface area contributed by atoms with Crippen LogP contribution in [0.4, 0.5) is 17.6 Å². The molecule has 5 nitrogen and oxygen atoms in total. The molecule has 0 aliphatic carbocycles. The van der Waals surface area contributed by atoms with Gasteiger partial charge in [-0.05, 0) is 37.3 Å². The summed E-state index contributed by atoms with van der Waals surface area (Å²) in [6.07, 6.45) is -4.55. The normalized spacial score (nSPS) is 12.7. The van der Waals surface area contributed by atoms with Crippen molar-refractivity contribution in [2.24, 2.45) is 0 Å². The molecule has 1 aromatic heterocycles. The summed E-state index contributed by atoms with van der Waals surface area (Å²) >= 11 is 0. The van der Waals surface area contributed by atoms with Crippen LogP contribution in [0.25, 0.3) is 11.3 Å². The van der Waals surface area contributed by atoms with Crippen LogP contribution in [-0.4, -0.2) is 28.4 Å². The summed E-state index contributed by atoms with van der Waals surface area (Å²) < 4.78 is 50.2. The van der Waals surface area contributed by atoms with Crippen LogP contribution in [0, 0.1) is 5.82 Å². The predicted molar refractivity (Wildman–Crippen MR) is 77.7 cm³/mol. The topological polar surface area (TPSA) is 64.0 Å². The van der Waals surface area contributed by atoms with Crippen molar-refractivity contribution < 1.29 is 22.4 Å². The Morgan fingerprint density at radius 1 is 1.21 bits per heavy atom. The van der Waals surface area contributed by atoms with E-state index in [1.807, 2.05) is 0 Å². The number of nitrogens with zero attached hydrogens (tertiary/aromatic N) is 2. The van der Waals surface area contributed by atoms with Crippen LogP contribution in [0.1, 0.15) is 13.0 Å². The van der Waals surface area contributed by atoms with E-state index >= 15 is 0 Å². The van der Waals surface area contributed by atoms with Crippen molar-refractivity contribution >= 4 is 5.91 Å². The van der Waals surface area contributed by atoms with Gasteiger partial charge in [-0.3, -0.25) is 9.59 Å². The summed E-state index contributed by atoms with van der Waals surface area (Å²) in [5.41, 5.74) is 0.133. The fourth-order valence-electron chi connectivity index (χ4n) is 1.92. The lowest BCUT2D eigenvalue weighted by Crippen LogP contribution is -2.40. The molecule has 0 aliphatic heterocycles. The minimum absolute atomic E-state index is 0.282. The second kappa shape index (κ2) is 6.81. The van der Waals surface area contributed by atoms with Gasteiger partial charge >= 0.3 is 6.18 Å². The van der Waals surface area contributed by atoms with Crippen LogP contribution in [-0.2, 0) is 4.79 Å². The van der Waals surface area contributed by atoms with Gasteiger partial charge in [-0.15, -0.1) is 0 Å². The van der Waals surface area contributed by atoms with E-state index < -0.39 is 36.0 Å². The maximum Gasteiger partial charge on any atom is 0.405 e. The predicted octanol–water partition coefficient (Wildman–Crippen LogP) is 2.29. The Kier molecular flexibility index (Phi) is 5.01. The molecule has 1 atom stereocenters. The fourth-order valence-corrected chi connectivity index (χ4v) is 1.92. The summed E-state index contributed by atoms with van der Waals surface area (Å²) in [5.74, 6) is -1.44. The highest BCUT2D eigenvalue weighted by molar-refractivity contribution is 5.79. The van der Waals surface area contributed by atoms with Gasteiger partial charge in [0.25, 0.3) is 5.56 Å². The minimum atomic E-state index is -4.55. The second-order valence-electron chi connectivity index (χ2n) is 5.02. The summed E-state index contributed by atoms with van der Waals surface area (Å²) in [6.45, 7) is -0.239. The van der Waals surface area contributed by atoms with E-state index in [9.17, 15) is 27.2 Å². The smallest absolute Gasteiger partial charge is 0.345 e. The number of amides is 1. The molecule has 128 valence electrons. The zero-order chi connectivity index (χ0) is 17.9. The zero-order valence-electron chi connectivity index (χ0n) is 12.5. The van der Waals surface area contributed by atoms with Crippen LogP contribution < -0.4 is 10.9 Å². The molecule has 1 heterocycles. The van der Waals surface area contributed by atoms with Crippen LogP contribution >= 0.6 is 0 Å². The van der Waals surface area contributed by atoms with Gasteiger partial charge in [0.2, 0.25) is 5.91 Å². The highest BCUT2D eigenvalue weighted by atomic mass is 19.4. The van der Waals surface area contributed by atoms with Gasteiger partial charge in [-0.1, -0.05) is 0 Å². The summed E-state index contributed by atoms with van der Waals surface area (Å²) in [6, 6.07) is 6.55. The number of rotatable bonds is 4. The number of carbonyl (C=O) groups is 1. The fraction of sp³-hybridized carbons (Fsp3) is 0.267. The number of hydrogen-bond acceptors (Lipinski definition) is 3. The Morgan fingerprint density at radius 3 is 2.42 bits per heavy atom. The van der Waals surface area contributed by atoms with Gasteiger partial charge < -0.3 is 5.32 Å². The molecule has 1 amide bonds. The van der Waals surface area contributed by atoms with Gasteiger partial charge in [-0.25, -0.2) is 9.07 Å². The van der Waals surface area contributed by atoms with Crippen molar-refractivity contribution in [3.8, 4) is 11.3 Å². The standard InChI is InChI=1S/C15H13F4N3O2/c1-9(14(24)20-8-15(17,18)19)22-13(23)7-6-12(21-22)10-2-4-11(16)5-3-10/h2-7,9H,8H2,1H3,(H,20,24). The second-order valence-corrected chi connectivity index (χ2v) is 5.02. The minimum Gasteiger partial charge on any atom is -0.345 e. The van der Waals surface area contributed by atoms with E-state index in [0.29, 0.717) is 5.56 Å². The maximum atomic E-state index is 12.9. The first-order chi connectivity index (χ1) is 11.2. The van der Waals surface area contributed by atoms with E-state index in [1.165, 1.54) is 37.3 Å². The molecule has 0 bridgehead atoms. The number of nitrogens with one attached hydrogen (secondary N) is 1. The Morgan fingerprint density at radius 2 is 1.83 bits per heavy atom. The third-order valence-electron chi connectivity index (χ3n) is 3.17. The molecule has 0 aliphatic rings. The molecule has 0 spiro atoms. The first-order valence-corrected chi connectivity index (χ1v) is 6.87. The summed E-state index contributed by atoms with van der Waals surface area (Å²) in [5, 5.41) is 5.68. The number of aromatic nitrogens is 2. The molecule has 2 rings (SSSR count). The third-order valence-corrected chi connectivity index (χ3v) is 3.17. The lowest BCUT2D eigenvalue weighted by Gasteiger charge is -2.15. The average Bonchev–Trinajstić information content (AvgIpc) is 2.52. The molecule has 9 heteroatoms. The van der Waals surface area contributed by atoms with Crippen molar-refractivity contribution in [1.29, 1.82) is 0 Å². The number of carbonyl (C=O) groups excluding carboxylic acids is 1. The van der Waals surface area contributed by atoms with E-state index in [-0.39, 0.29) is 5.69 Å². The zero-order valence-corrected chi connectivity index (χ0v) is 12.5. The van der Waals surface area contributed by atoms with Crippen molar-refractivity contribution in [2.75, 3.05) is 6.54 Å². The number of halogens is 4. The number of hydrogen-bond donors (Lipinski definition) is 1. The van der Waals surface area contributed by atoms with E-state index in [1.54, 1.807) is 5.32 Å². The average molecular weight is 343 g/mol. The van der Waals surface area contributed by atoms with E-state index in [4.69, 9.17) is 0 Å². The first-order valence-electron chi connectivity index (χ1n) is 6.87. The molecule has 1 unspecified atom stereocenters. The van der Waals surface area contributed by atoms with Crippen LogP contribution in [0.15, 0.2) is 41.2 Å². The molecular weight excluding hydrogens is 330 g/mol. The van der Waals surface area contributed by atoms with Crippen molar-refractivity contribution in [1.82, 2.24) is 15.1 Å². The number of alkyl halides is 3. The lowest BCUT2D eigenvalue weighted by molar-refractivity contribution is -0.140. The van der Waals surface area contributed by atoms with Gasteiger partial charge in [0.15, 0.2) is 0 Å². The molecule has 0 saturated heterocycles. The van der Waals surface area contributed by atoms with Crippen LogP contribution in [0.5, 0.6) is 0 Å². The van der Waals surface area contributed by atoms with Gasteiger partial charge in [0, 0.05) is 11.6 Å². The van der Waals surface area contributed by atoms with E-state index in [0.717, 1.165) is 10.7 Å². The Labute approximate surface area is 133 Å². The van der Waals surface area contributed by atoms with Crippen molar-refractivity contribution in [3.63, 3.8) is 0 Å². The molecular formula is C15H13F4N3O2. The Bertz CT molecular complexity index is 785. The van der Waals surface area contributed by atoms with Gasteiger partial charge in [0.1, 0.15) is 18.4 Å². The molecule has 0 fully saturated rings. The summed E-state index contributed by atoms with van der Waals surface area (Å²) in [7, 11) is 0. The molecule has 1 N–H and O–H groups in total. The molecule has 2 aromatic rings. The Hall–Kier alpha value is -2.71. The van der Waals surface area contributed by atoms with Gasteiger partial charge in [0.05, 0.1) is 5.69 Å². The van der Waals surface area contributed by atoms with Crippen LogP contribution in [0.2, 0.25) is 0 Å². The monoisotopic (exact) mass is 343 g/mol. The molecule has 0 saturated carbocycles. The highest BCUT2D eigenvalue weighted by Crippen LogP contribution is 2.17. The van der Waals surface area contributed by atoms with Crippen LogP contribution in [0.3, 0.4) is 0 Å². The third kappa shape index (κ3) is 4.40. The molecule has 1 aromatic carbocycles. The SMILES string of the molecule is CC(C(=O)NCC(F)(F)F)n1nc(-c2ccc(F)cc2)ccc1=O. The first kappa shape index (κ1) is 17.6. The van der Waals surface area contributed by atoms with Crippen molar-refractivity contribution in [3.05, 3.63) is 52.6 Å². The molecule has 0 radical (unpaired) electrons.